The summed E-state index contributed by atoms with van der Waals surface area (Å²) in [7, 11) is 0. The Morgan fingerprint density at radius 1 is 1.06 bits per heavy atom. The van der Waals surface area contributed by atoms with E-state index in [-0.39, 0.29) is 22.9 Å². The molecule has 0 bridgehead atoms. The molecule has 0 radical (unpaired) electrons. The fourth-order valence-corrected chi connectivity index (χ4v) is 3.33. The largest absolute Gasteiger partial charge is 0.383 e. The SMILES string of the molecule is C=NN(/C(=N\N)c1cc(-c2cnn(Cc3ccccc3)c2)cnc1N)c1cccc(F)c1F. The number of anilines is 2. The van der Waals surface area contributed by atoms with Crippen LogP contribution in [0.25, 0.3) is 11.1 Å². The summed E-state index contributed by atoms with van der Waals surface area (Å²) >= 11 is 0. The molecule has 0 atom stereocenters. The number of nitrogens with zero attached hydrogens (tertiary/aromatic N) is 6. The minimum Gasteiger partial charge on any atom is -0.383 e. The van der Waals surface area contributed by atoms with Gasteiger partial charge in [-0.2, -0.15) is 15.3 Å². The Kier molecular flexibility index (Phi) is 6.07. The van der Waals surface area contributed by atoms with E-state index in [4.69, 9.17) is 11.6 Å². The summed E-state index contributed by atoms with van der Waals surface area (Å²) in [5, 5.41) is 12.8. The predicted molar refractivity (Wildman–Crippen MR) is 125 cm³/mol. The Morgan fingerprint density at radius 2 is 1.85 bits per heavy atom. The van der Waals surface area contributed by atoms with Gasteiger partial charge >= 0.3 is 0 Å². The van der Waals surface area contributed by atoms with Crippen LogP contribution in [0.2, 0.25) is 0 Å². The number of hydrogen-bond donors (Lipinski definition) is 2. The summed E-state index contributed by atoms with van der Waals surface area (Å²) in [5.74, 6) is 3.43. The summed E-state index contributed by atoms with van der Waals surface area (Å²) in [6, 6.07) is 15.2. The minimum absolute atomic E-state index is 0.0574. The number of hydrazone groups is 2. The number of hydrogen-bond acceptors (Lipinski definition) is 6. The Labute approximate surface area is 188 Å². The maximum Gasteiger partial charge on any atom is 0.184 e. The number of nitrogens with two attached hydrogens (primary N) is 2. The molecule has 2 heterocycles. The van der Waals surface area contributed by atoms with E-state index in [1.54, 1.807) is 23.1 Å². The van der Waals surface area contributed by atoms with Crippen molar-refractivity contribution in [3.05, 3.63) is 95.9 Å². The molecule has 0 saturated heterocycles. The summed E-state index contributed by atoms with van der Waals surface area (Å²) < 4.78 is 30.0. The summed E-state index contributed by atoms with van der Waals surface area (Å²) in [5.41, 5.74) is 8.65. The third-order valence-corrected chi connectivity index (χ3v) is 4.94. The zero-order valence-corrected chi connectivity index (χ0v) is 17.4. The number of pyridine rings is 1. The van der Waals surface area contributed by atoms with Crippen molar-refractivity contribution in [3.63, 3.8) is 0 Å². The van der Waals surface area contributed by atoms with Crippen LogP contribution in [0.4, 0.5) is 20.3 Å². The Hall–Kier alpha value is -4.60. The van der Waals surface area contributed by atoms with Crippen molar-refractivity contribution in [1.82, 2.24) is 14.8 Å². The molecule has 4 aromatic rings. The van der Waals surface area contributed by atoms with Gasteiger partial charge in [-0.1, -0.05) is 36.4 Å². The molecule has 0 fully saturated rings. The molecule has 0 aliphatic heterocycles. The summed E-state index contributed by atoms with van der Waals surface area (Å²) in [6.07, 6.45) is 5.12. The van der Waals surface area contributed by atoms with Gasteiger partial charge in [0, 0.05) is 30.2 Å². The lowest BCUT2D eigenvalue weighted by molar-refractivity contribution is 0.509. The predicted octanol–water partition coefficient (Wildman–Crippen LogP) is 3.60. The zero-order chi connectivity index (χ0) is 23.4. The fourth-order valence-electron chi connectivity index (χ4n) is 3.33. The number of aromatic nitrogens is 3. The van der Waals surface area contributed by atoms with Gasteiger partial charge in [-0.05, 0) is 23.8 Å². The average molecular weight is 446 g/mol. The van der Waals surface area contributed by atoms with Crippen molar-refractivity contribution in [2.75, 3.05) is 10.7 Å². The van der Waals surface area contributed by atoms with Gasteiger partial charge in [0.15, 0.2) is 17.5 Å². The van der Waals surface area contributed by atoms with E-state index < -0.39 is 11.6 Å². The van der Waals surface area contributed by atoms with Crippen LogP contribution in [-0.4, -0.2) is 27.3 Å². The lowest BCUT2D eigenvalue weighted by Gasteiger charge is -2.21. The molecule has 10 heteroatoms. The maximum absolute atomic E-state index is 14.4. The number of benzene rings is 2. The van der Waals surface area contributed by atoms with Gasteiger partial charge in [-0.25, -0.2) is 18.8 Å². The van der Waals surface area contributed by atoms with Crippen molar-refractivity contribution in [2.24, 2.45) is 16.0 Å². The number of halogens is 2. The molecule has 4 N–H and O–H groups in total. The second-order valence-corrected chi connectivity index (χ2v) is 7.05. The smallest absolute Gasteiger partial charge is 0.184 e. The highest BCUT2D eigenvalue weighted by Gasteiger charge is 2.23. The van der Waals surface area contributed by atoms with Gasteiger partial charge in [-0.3, -0.25) is 4.68 Å². The lowest BCUT2D eigenvalue weighted by atomic mass is 10.1. The third-order valence-electron chi connectivity index (χ3n) is 4.94. The molecule has 4 rings (SSSR count). The number of nitrogen functional groups attached to an aromatic ring is 1. The van der Waals surface area contributed by atoms with Crippen LogP contribution >= 0.6 is 0 Å². The molecule has 0 aliphatic rings. The van der Waals surface area contributed by atoms with Crippen LogP contribution in [0, 0.1) is 11.6 Å². The van der Waals surface area contributed by atoms with E-state index in [2.05, 4.69) is 27.0 Å². The van der Waals surface area contributed by atoms with Crippen molar-refractivity contribution < 1.29 is 8.78 Å². The minimum atomic E-state index is -1.13. The van der Waals surface area contributed by atoms with Crippen molar-refractivity contribution >= 4 is 24.1 Å². The molecule has 2 aromatic heterocycles. The highest BCUT2D eigenvalue weighted by Crippen LogP contribution is 2.27. The monoisotopic (exact) mass is 446 g/mol. The molecule has 33 heavy (non-hydrogen) atoms. The number of rotatable bonds is 6. The van der Waals surface area contributed by atoms with Gasteiger partial charge in [0.05, 0.1) is 18.3 Å². The number of amidine groups is 1. The first-order valence-corrected chi connectivity index (χ1v) is 9.83. The molecule has 0 aliphatic carbocycles. The van der Waals surface area contributed by atoms with Gasteiger partial charge in [-0.15, -0.1) is 0 Å². The fraction of sp³-hybridized carbons (Fsp3) is 0.0435. The van der Waals surface area contributed by atoms with Crippen LogP contribution in [-0.2, 0) is 6.54 Å². The van der Waals surface area contributed by atoms with Crippen LogP contribution < -0.4 is 16.6 Å². The van der Waals surface area contributed by atoms with Crippen molar-refractivity contribution in [3.8, 4) is 11.1 Å². The molecule has 0 saturated carbocycles. The molecule has 8 nitrogen and oxygen atoms in total. The van der Waals surface area contributed by atoms with E-state index in [0.717, 1.165) is 22.2 Å². The second-order valence-electron chi connectivity index (χ2n) is 7.05. The van der Waals surface area contributed by atoms with E-state index >= 15 is 0 Å². The van der Waals surface area contributed by atoms with E-state index in [0.29, 0.717) is 12.1 Å². The van der Waals surface area contributed by atoms with Crippen LogP contribution in [0.15, 0.2) is 83.4 Å². The Balaban J connectivity index is 1.69. The van der Waals surface area contributed by atoms with Crippen LogP contribution in [0.1, 0.15) is 11.1 Å². The standard InChI is InChI=1S/C23H20F2N8/c1-28-33(20-9-5-8-19(24)21(20)25)23(31-27)18-10-16(11-29-22(18)26)17-12-30-32(14-17)13-15-6-3-2-4-7-15/h2-12,14H,1,13,27H2,(H2,26,29)/b31-23-. The van der Waals surface area contributed by atoms with E-state index in [9.17, 15) is 8.78 Å². The van der Waals surface area contributed by atoms with Crippen LogP contribution in [0.5, 0.6) is 0 Å². The average Bonchev–Trinajstić information content (AvgIpc) is 3.29. The maximum atomic E-state index is 14.4. The third kappa shape index (κ3) is 4.40. The quantitative estimate of drug-likeness (QED) is 0.204. The Bertz CT molecular complexity index is 1320. The lowest BCUT2D eigenvalue weighted by Crippen LogP contribution is -2.29. The highest BCUT2D eigenvalue weighted by atomic mass is 19.2. The summed E-state index contributed by atoms with van der Waals surface area (Å²) in [6.45, 7) is 4.03. The topological polar surface area (TPSA) is 111 Å². The molecule has 0 spiro atoms. The highest BCUT2D eigenvalue weighted by molar-refractivity contribution is 6.12. The van der Waals surface area contributed by atoms with E-state index in [1.807, 2.05) is 36.5 Å². The Morgan fingerprint density at radius 3 is 2.58 bits per heavy atom. The molecule has 166 valence electrons. The molecular weight excluding hydrogens is 426 g/mol. The zero-order valence-electron chi connectivity index (χ0n) is 17.4. The first-order chi connectivity index (χ1) is 16.0. The van der Waals surface area contributed by atoms with Gasteiger partial charge in [0.2, 0.25) is 0 Å². The van der Waals surface area contributed by atoms with Gasteiger partial charge in [0.25, 0.3) is 0 Å². The summed E-state index contributed by atoms with van der Waals surface area (Å²) in [4.78, 5) is 4.22. The molecule has 0 amide bonds. The second kappa shape index (κ2) is 9.27. The van der Waals surface area contributed by atoms with Gasteiger partial charge < -0.3 is 11.6 Å². The van der Waals surface area contributed by atoms with Crippen LogP contribution in [0.3, 0.4) is 0 Å². The molecule has 2 aromatic carbocycles. The van der Waals surface area contributed by atoms with Crippen molar-refractivity contribution in [2.45, 2.75) is 6.54 Å². The molecule has 0 unspecified atom stereocenters. The first-order valence-electron chi connectivity index (χ1n) is 9.83. The normalized spacial score (nSPS) is 11.4. The van der Waals surface area contributed by atoms with E-state index in [1.165, 1.54) is 12.1 Å². The van der Waals surface area contributed by atoms with Crippen molar-refractivity contribution in [1.29, 1.82) is 0 Å². The molecular formula is C23H20F2N8. The first kappa shape index (κ1) is 21.6. The van der Waals surface area contributed by atoms with Gasteiger partial charge in [0.1, 0.15) is 11.5 Å².